The van der Waals surface area contributed by atoms with Crippen LogP contribution in [-0.4, -0.2) is 29.7 Å². The number of carboxylic acid groups (broad SMARTS) is 1. The van der Waals surface area contributed by atoms with Gasteiger partial charge >= 0.3 is 5.97 Å². The molecule has 21 heavy (non-hydrogen) atoms. The number of aliphatic carboxylic acids is 1. The predicted octanol–water partition coefficient (Wildman–Crippen LogP) is 2.77. The summed E-state index contributed by atoms with van der Waals surface area (Å²) in [6, 6.07) is 6.91. The minimum atomic E-state index is -0.886. The number of amides is 1. The molecule has 0 spiro atoms. The topological polar surface area (TPSA) is 75.6 Å². The van der Waals surface area contributed by atoms with Crippen LogP contribution in [0.5, 0.6) is 0 Å². The molecule has 0 aliphatic heterocycles. The maximum atomic E-state index is 11.8. The Morgan fingerprint density at radius 3 is 2.76 bits per heavy atom. The summed E-state index contributed by atoms with van der Waals surface area (Å²) in [7, 11) is 0. The first-order valence-electron chi connectivity index (χ1n) is 7.30. The lowest BCUT2D eigenvalue weighted by Gasteiger charge is -2.12. The highest BCUT2D eigenvalue weighted by atomic mass is 16.5. The number of hydrogen-bond donors (Lipinski definition) is 2. The van der Waals surface area contributed by atoms with Crippen LogP contribution in [-0.2, 0) is 14.3 Å². The molecule has 0 bridgehead atoms. The number of hydrogen-bond acceptors (Lipinski definition) is 3. The third-order valence-electron chi connectivity index (χ3n) is 3.79. The summed E-state index contributed by atoms with van der Waals surface area (Å²) in [6.07, 6.45) is 4.59. The molecule has 5 heteroatoms. The van der Waals surface area contributed by atoms with Gasteiger partial charge in [-0.05, 0) is 37.5 Å². The fourth-order valence-corrected chi connectivity index (χ4v) is 2.47. The van der Waals surface area contributed by atoms with E-state index >= 15 is 0 Å². The minimum absolute atomic E-state index is 0.0450. The Balaban J connectivity index is 1.88. The van der Waals surface area contributed by atoms with Crippen molar-refractivity contribution >= 4 is 17.6 Å². The van der Waals surface area contributed by atoms with Crippen molar-refractivity contribution in [3.63, 3.8) is 0 Å². The van der Waals surface area contributed by atoms with E-state index in [1.165, 1.54) is 12.8 Å². The molecule has 1 aromatic rings. The van der Waals surface area contributed by atoms with E-state index in [0.717, 1.165) is 12.8 Å². The summed E-state index contributed by atoms with van der Waals surface area (Å²) in [5.41, 5.74) is 1.26. The smallest absolute Gasteiger partial charge is 0.310 e. The Morgan fingerprint density at radius 1 is 1.38 bits per heavy atom. The molecule has 0 heterocycles. The van der Waals surface area contributed by atoms with Crippen LogP contribution in [0.3, 0.4) is 0 Å². The Bertz CT molecular complexity index is 509. The van der Waals surface area contributed by atoms with Crippen molar-refractivity contribution in [1.29, 1.82) is 0 Å². The largest absolute Gasteiger partial charge is 0.481 e. The quantitative estimate of drug-likeness (QED) is 0.845. The Morgan fingerprint density at radius 2 is 2.10 bits per heavy atom. The molecule has 0 saturated heterocycles. The first-order chi connectivity index (χ1) is 10.1. The van der Waals surface area contributed by atoms with Gasteiger partial charge in [-0.3, -0.25) is 9.59 Å². The standard InChI is InChI=1S/C16H21NO4/c1-11(16(19)20)12-5-4-6-13(9-12)17-15(18)10-21-14-7-2-3-8-14/h4-6,9,11,14H,2-3,7-8,10H2,1H3,(H,17,18)(H,19,20). The maximum absolute atomic E-state index is 11.8. The van der Waals surface area contributed by atoms with Gasteiger partial charge in [0, 0.05) is 5.69 Å². The fraction of sp³-hybridized carbons (Fsp3) is 0.500. The highest BCUT2D eigenvalue weighted by molar-refractivity contribution is 5.92. The first kappa shape index (κ1) is 15.5. The zero-order valence-corrected chi connectivity index (χ0v) is 12.2. The summed E-state index contributed by atoms with van der Waals surface area (Å²) >= 11 is 0. The lowest BCUT2D eigenvalue weighted by atomic mass is 10.0. The number of ether oxygens (including phenoxy) is 1. The molecule has 0 aromatic heterocycles. The first-order valence-corrected chi connectivity index (χ1v) is 7.30. The number of nitrogens with one attached hydrogen (secondary N) is 1. The van der Waals surface area contributed by atoms with E-state index in [1.54, 1.807) is 31.2 Å². The number of carbonyl (C=O) groups is 2. The molecule has 1 aliphatic rings. The summed E-state index contributed by atoms with van der Waals surface area (Å²) in [4.78, 5) is 22.8. The molecule has 2 rings (SSSR count). The SMILES string of the molecule is CC(C(=O)O)c1cccc(NC(=O)COC2CCCC2)c1. The number of benzene rings is 1. The van der Waals surface area contributed by atoms with Gasteiger partial charge in [0.2, 0.25) is 5.91 Å². The highest BCUT2D eigenvalue weighted by Crippen LogP contribution is 2.21. The molecule has 1 unspecified atom stereocenters. The molecule has 1 atom stereocenters. The lowest BCUT2D eigenvalue weighted by Crippen LogP contribution is -2.22. The molecule has 114 valence electrons. The zero-order chi connectivity index (χ0) is 15.2. The molecule has 1 amide bonds. The highest BCUT2D eigenvalue weighted by Gasteiger charge is 2.17. The molecule has 1 saturated carbocycles. The van der Waals surface area contributed by atoms with E-state index < -0.39 is 11.9 Å². The van der Waals surface area contributed by atoms with Gasteiger partial charge in [0.15, 0.2) is 0 Å². The monoisotopic (exact) mass is 291 g/mol. The van der Waals surface area contributed by atoms with Gasteiger partial charge < -0.3 is 15.2 Å². The molecule has 5 nitrogen and oxygen atoms in total. The molecule has 1 aromatic carbocycles. The van der Waals surface area contributed by atoms with Gasteiger partial charge in [-0.2, -0.15) is 0 Å². The summed E-state index contributed by atoms with van der Waals surface area (Å²) in [5, 5.41) is 11.7. The summed E-state index contributed by atoms with van der Waals surface area (Å²) in [6.45, 7) is 1.66. The van der Waals surface area contributed by atoms with Crippen molar-refractivity contribution in [3.8, 4) is 0 Å². The van der Waals surface area contributed by atoms with E-state index in [4.69, 9.17) is 9.84 Å². The van der Waals surface area contributed by atoms with Crippen molar-refractivity contribution < 1.29 is 19.4 Å². The number of carboxylic acids is 1. The van der Waals surface area contributed by atoms with E-state index in [-0.39, 0.29) is 18.6 Å². The average molecular weight is 291 g/mol. The van der Waals surface area contributed by atoms with Crippen LogP contribution >= 0.6 is 0 Å². The molecule has 2 N–H and O–H groups in total. The second-order valence-corrected chi connectivity index (χ2v) is 5.45. The van der Waals surface area contributed by atoms with Crippen molar-refractivity contribution in [2.24, 2.45) is 0 Å². The Labute approximate surface area is 124 Å². The van der Waals surface area contributed by atoms with E-state index in [1.807, 2.05) is 0 Å². The Kier molecular flexibility index (Phi) is 5.33. The van der Waals surface area contributed by atoms with Crippen LogP contribution in [0.1, 0.15) is 44.1 Å². The van der Waals surface area contributed by atoms with Crippen LogP contribution in [0.4, 0.5) is 5.69 Å². The van der Waals surface area contributed by atoms with Gasteiger partial charge in [0.05, 0.1) is 12.0 Å². The van der Waals surface area contributed by atoms with Gasteiger partial charge in [-0.15, -0.1) is 0 Å². The van der Waals surface area contributed by atoms with E-state index in [2.05, 4.69) is 5.32 Å². The third-order valence-corrected chi connectivity index (χ3v) is 3.79. The molecular formula is C16H21NO4. The molecule has 1 fully saturated rings. The summed E-state index contributed by atoms with van der Waals surface area (Å²) in [5.74, 6) is -1.69. The molecule has 0 radical (unpaired) electrons. The van der Waals surface area contributed by atoms with Gasteiger partial charge in [0.1, 0.15) is 6.61 Å². The maximum Gasteiger partial charge on any atom is 0.310 e. The van der Waals surface area contributed by atoms with Crippen LogP contribution in [0.2, 0.25) is 0 Å². The van der Waals surface area contributed by atoms with Crippen LogP contribution < -0.4 is 5.32 Å². The molecular weight excluding hydrogens is 270 g/mol. The molecule has 1 aliphatic carbocycles. The normalized spacial score (nSPS) is 16.6. The zero-order valence-electron chi connectivity index (χ0n) is 12.2. The number of anilines is 1. The van der Waals surface area contributed by atoms with Crippen molar-refractivity contribution in [2.45, 2.75) is 44.6 Å². The van der Waals surface area contributed by atoms with Crippen molar-refractivity contribution in [1.82, 2.24) is 0 Å². The van der Waals surface area contributed by atoms with Crippen LogP contribution in [0.25, 0.3) is 0 Å². The number of carbonyl (C=O) groups excluding carboxylic acids is 1. The van der Waals surface area contributed by atoms with Gasteiger partial charge in [0.25, 0.3) is 0 Å². The summed E-state index contributed by atoms with van der Waals surface area (Å²) < 4.78 is 5.55. The second kappa shape index (κ2) is 7.22. The third kappa shape index (κ3) is 4.56. The van der Waals surface area contributed by atoms with Crippen molar-refractivity contribution in [2.75, 3.05) is 11.9 Å². The van der Waals surface area contributed by atoms with E-state index in [0.29, 0.717) is 11.3 Å². The fourth-order valence-electron chi connectivity index (χ4n) is 2.47. The second-order valence-electron chi connectivity index (χ2n) is 5.45. The van der Waals surface area contributed by atoms with Gasteiger partial charge in [-0.25, -0.2) is 0 Å². The minimum Gasteiger partial charge on any atom is -0.481 e. The van der Waals surface area contributed by atoms with Crippen LogP contribution in [0, 0.1) is 0 Å². The number of rotatable bonds is 6. The average Bonchev–Trinajstić information content (AvgIpc) is 2.98. The van der Waals surface area contributed by atoms with Crippen LogP contribution in [0.15, 0.2) is 24.3 Å². The van der Waals surface area contributed by atoms with Crippen molar-refractivity contribution in [3.05, 3.63) is 29.8 Å². The predicted molar refractivity (Wildman–Crippen MR) is 79.3 cm³/mol. The van der Waals surface area contributed by atoms with Gasteiger partial charge in [-0.1, -0.05) is 25.0 Å². The van der Waals surface area contributed by atoms with E-state index in [9.17, 15) is 9.59 Å². The lowest BCUT2D eigenvalue weighted by molar-refractivity contribution is -0.138. The Hall–Kier alpha value is -1.88.